The van der Waals surface area contributed by atoms with Crippen LogP contribution in [-0.2, 0) is 0 Å². The minimum absolute atomic E-state index is 0.0422. The van der Waals surface area contributed by atoms with E-state index in [0.29, 0.717) is 4.47 Å². The van der Waals surface area contributed by atoms with Gasteiger partial charge in [0.2, 0.25) is 0 Å². The molecule has 1 nitrogen and oxygen atoms in total. The lowest BCUT2D eigenvalue weighted by Crippen LogP contribution is -2.22. The fraction of sp³-hybridized carbons (Fsp3) is 0.400. The highest BCUT2D eigenvalue weighted by molar-refractivity contribution is 9.10. The van der Waals surface area contributed by atoms with E-state index in [2.05, 4.69) is 15.9 Å². The van der Waals surface area contributed by atoms with E-state index in [1.165, 1.54) is 6.07 Å². The van der Waals surface area contributed by atoms with E-state index in [4.69, 9.17) is 5.73 Å². The average molecular weight is 246 g/mol. The zero-order valence-electron chi connectivity index (χ0n) is 7.72. The van der Waals surface area contributed by atoms with Crippen molar-refractivity contribution in [3.05, 3.63) is 34.1 Å². The summed E-state index contributed by atoms with van der Waals surface area (Å²) in [4.78, 5) is 0. The number of rotatable bonds is 2. The van der Waals surface area contributed by atoms with Crippen LogP contribution in [0.2, 0.25) is 0 Å². The second-order valence-electron chi connectivity index (χ2n) is 3.32. The molecule has 0 bridgehead atoms. The molecule has 0 spiro atoms. The zero-order chi connectivity index (χ0) is 10.0. The molecule has 2 atom stereocenters. The van der Waals surface area contributed by atoms with E-state index in [1.807, 2.05) is 19.9 Å². The van der Waals surface area contributed by atoms with Crippen LogP contribution in [0.4, 0.5) is 4.39 Å². The number of halogens is 2. The van der Waals surface area contributed by atoms with Gasteiger partial charge in [-0.05, 0) is 46.5 Å². The molecule has 0 saturated heterocycles. The molecule has 1 aromatic carbocycles. The van der Waals surface area contributed by atoms with Gasteiger partial charge in [0, 0.05) is 6.04 Å². The second kappa shape index (κ2) is 4.20. The van der Waals surface area contributed by atoms with Crippen molar-refractivity contribution in [2.24, 2.45) is 5.73 Å². The van der Waals surface area contributed by atoms with E-state index in [-0.39, 0.29) is 17.8 Å². The van der Waals surface area contributed by atoms with Crippen LogP contribution in [0, 0.1) is 5.82 Å². The van der Waals surface area contributed by atoms with Gasteiger partial charge in [-0.3, -0.25) is 0 Å². The summed E-state index contributed by atoms with van der Waals surface area (Å²) in [6.45, 7) is 3.91. The number of benzene rings is 1. The van der Waals surface area contributed by atoms with Crippen molar-refractivity contribution in [3.63, 3.8) is 0 Å². The maximum absolute atomic E-state index is 13.1. The van der Waals surface area contributed by atoms with Crippen molar-refractivity contribution in [3.8, 4) is 0 Å². The van der Waals surface area contributed by atoms with Crippen LogP contribution in [-0.4, -0.2) is 6.04 Å². The van der Waals surface area contributed by atoms with Crippen LogP contribution in [0.1, 0.15) is 25.3 Å². The molecule has 72 valence electrons. The Morgan fingerprint density at radius 3 is 2.46 bits per heavy atom. The molecule has 0 aromatic heterocycles. The van der Waals surface area contributed by atoms with Gasteiger partial charge in [0.05, 0.1) is 4.47 Å². The highest BCUT2D eigenvalue weighted by Gasteiger charge is 2.11. The third-order valence-electron chi connectivity index (χ3n) is 2.26. The molecule has 2 N–H and O–H groups in total. The van der Waals surface area contributed by atoms with Gasteiger partial charge in [0.25, 0.3) is 0 Å². The third kappa shape index (κ3) is 2.51. The first-order chi connectivity index (χ1) is 6.02. The highest BCUT2D eigenvalue weighted by Crippen LogP contribution is 2.23. The standard InChI is InChI=1S/C10H13BrFN/c1-6(7(2)13)8-3-4-9(11)10(12)5-8/h3-7H,13H2,1-2H3. The molecule has 0 aliphatic rings. The Bertz CT molecular complexity index is 299. The monoisotopic (exact) mass is 245 g/mol. The molecule has 3 heteroatoms. The molecule has 0 aliphatic heterocycles. The SMILES string of the molecule is CC(N)C(C)c1ccc(Br)c(F)c1. The molecule has 13 heavy (non-hydrogen) atoms. The van der Waals surface area contributed by atoms with Crippen molar-refractivity contribution in [2.75, 3.05) is 0 Å². The van der Waals surface area contributed by atoms with Crippen LogP contribution in [0.5, 0.6) is 0 Å². The molecule has 0 aliphatic carbocycles. The Morgan fingerprint density at radius 1 is 1.38 bits per heavy atom. The molecule has 1 aromatic rings. The lowest BCUT2D eigenvalue weighted by Gasteiger charge is -2.15. The number of nitrogens with two attached hydrogens (primary N) is 1. The highest BCUT2D eigenvalue weighted by atomic mass is 79.9. The molecule has 0 fully saturated rings. The molecule has 0 saturated carbocycles. The van der Waals surface area contributed by atoms with E-state index in [1.54, 1.807) is 6.07 Å². The van der Waals surface area contributed by atoms with Crippen molar-refractivity contribution in [1.82, 2.24) is 0 Å². The summed E-state index contributed by atoms with van der Waals surface area (Å²) in [5, 5.41) is 0. The van der Waals surface area contributed by atoms with Gasteiger partial charge in [-0.15, -0.1) is 0 Å². The topological polar surface area (TPSA) is 26.0 Å². The minimum Gasteiger partial charge on any atom is -0.327 e. The molecule has 0 amide bonds. The largest absolute Gasteiger partial charge is 0.327 e. The Balaban J connectivity index is 2.97. The van der Waals surface area contributed by atoms with Gasteiger partial charge < -0.3 is 5.73 Å². The predicted octanol–water partition coefficient (Wildman–Crippen LogP) is 3.04. The van der Waals surface area contributed by atoms with Crippen molar-refractivity contribution < 1.29 is 4.39 Å². The normalized spacial score (nSPS) is 15.5. The number of hydrogen-bond donors (Lipinski definition) is 1. The lowest BCUT2D eigenvalue weighted by atomic mass is 9.95. The maximum Gasteiger partial charge on any atom is 0.137 e. The second-order valence-corrected chi connectivity index (χ2v) is 4.18. The average Bonchev–Trinajstić information content (AvgIpc) is 2.08. The lowest BCUT2D eigenvalue weighted by molar-refractivity contribution is 0.590. The number of hydrogen-bond acceptors (Lipinski definition) is 1. The van der Waals surface area contributed by atoms with Crippen LogP contribution >= 0.6 is 15.9 Å². The Labute approximate surface area is 86.3 Å². The van der Waals surface area contributed by atoms with Crippen LogP contribution < -0.4 is 5.73 Å². The Morgan fingerprint density at radius 2 is 2.00 bits per heavy atom. The summed E-state index contributed by atoms with van der Waals surface area (Å²) in [6, 6.07) is 5.17. The van der Waals surface area contributed by atoms with Gasteiger partial charge in [0.1, 0.15) is 5.82 Å². The molecule has 0 heterocycles. The van der Waals surface area contributed by atoms with Gasteiger partial charge in [-0.2, -0.15) is 0 Å². The molecule has 1 rings (SSSR count). The van der Waals surface area contributed by atoms with Gasteiger partial charge in [-0.25, -0.2) is 4.39 Å². The summed E-state index contributed by atoms with van der Waals surface area (Å²) in [6.07, 6.45) is 0. The maximum atomic E-state index is 13.1. The van der Waals surface area contributed by atoms with Crippen LogP contribution in [0.15, 0.2) is 22.7 Å². The molecular formula is C10H13BrFN. The predicted molar refractivity (Wildman–Crippen MR) is 56.2 cm³/mol. The van der Waals surface area contributed by atoms with Crippen molar-refractivity contribution in [1.29, 1.82) is 0 Å². The zero-order valence-corrected chi connectivity index (χ0v) is 9.31. The first kappa shape index (κ1) is 10.7. The van der Waals surface area contributed by atoms with Gasteiger partial charge in [0.15, 0.2) is 0 Å². The van der Waals surface area contributed by atoms with Crippen LogP contribution in [0.3, 0.4) is 0 Å². The molecule has 2 unspecified atom stereocenters. The fourth-order valence-corrected chi connectivity index (χ4v) is 1.35. The van der Waals surface area contributed by atoms with Crippen molar-refractivity contribution >= 4 is 15.9 Å². The first-order valence-electron chi connectivity index (χ1n) is 4.23. The third-order valence-corrected chi connectivity index (χ3v) is 2.90. The van der Waals surface area contributed by atoms with Crippen LogP contribution in [0.25, 0.3) is 0 Å². The van der Waals surface area contributed by atoms with Gasteiger partial charge >= 0.3 is 0 Å². The van der Waals surface area contributed by atoms with Gasteiger partial charge in [-0.1, -0.05) is 13.0 Å². The van der Waals surface area contributed by atoms with E-state index in [0.717, 1.165) is 5.56 Å². The van der Waals surface area contributed by atoms with E-state index >= 15 is 0 Å². The summed E-state index contributed by atoms with van der Waals surface area (Å²) in [7, 11) is 0. The molecular weight excluding hydrogens is 233 g/mol. The fourth-order valence-electron chi connectivity index (χ4n) is 1.10. The van der Waals surface area contributed by atoms with E-state index < -0.39 is 0 Å². The van der Waals surface area contributed by atoms with E-state index in [9.17, 15) is 4.39 Å². The quantitative estimate of drug-likeness (QED) is 0.852. The Hall–Kier alpha value is -0.410. The van der Waals surface area contributed by atoms with Crippen molar-refractivity contribution in [2.45, 2.75) is 25.8 Å². The summed E-state index contributed by atoms with van der Waals surface area (Å²) < 4.78 is 13.6. The smallest absolute Gasteiger partial charge is 0.137 e. The minimum atomic E-state index is -0.231. The summed E-state index contributed by atoms with van der Waals surface area (Å²) in [5.41, 5.74) is 6.66. The Kier molecular flexibility index (Phi) is 3.45. The summed E-state index contributed by atoms with van der Waals surface area (Å²) >= 11 is 3.11. The summed E-state index contributed by atoms with van der Waals surface area (Å²) in [5.74, 6) is -0.0485. The molecule has 0 radical (unpaired) electrons. The first-order valence-corrected chi connectivity index (χ1v) is 5.02.